The van der Waals surface area contributed by atoms with Crippen LogP contribution in [0.15, 0.2) is 47.6 Å². The van der Waals surface area contributed by atoms with Gasteiger partial charge in [0.15, 0.2) is 5.96 Å². The van der Waals surface area contributed by atoms with E-state index in [1.807, 2.05) is 25.4 Å². The van der Waals surface area contributed by atoms with Crippen molar-refractivity contribution in [3.8, 4) is 5.75 Å². The summed E-state index contributed by atoms with van der Waals surface area (Å²) in [6.45, 7) is 9.08. The fourth-order valence-electron chi connectivity index (χ4n) is 4.23. The van der Waals surface area contributed by atoms with E-state index in [0.717, 1.165) is 69.0 Å². The molecule has 0 spiro atoms. The number of aromatic nitrogens is 1. The molecule has 1 aromatic heterocycles. The SMILES string of the molecule is CN=C(NCc1ccc(N2CCOC(C)C2)nc1)N1CCN(c2cccc(OC)c2)CC1. The summed E-state index contributed by atoms with van der Waals surface area (Å²) in [5.41, 5.74) is 2.35. The van der Waals surface area contributed by atoms with Gasteiger partial charge in [-0.1, -0.05) is 12.1 Å². The topological polar surface area (TPSA) is 65.5 Å². The highest BCUT2D eigenvalue weighted by Gasteiger charge is 2.20. The molecule has 1 aromatic carbocycles. The second-order valence-electron chi connectivity index (χ2n) is 8.23. The van der Waals surface area contributed by atoms with Gasteiger partial charge < -0.3 is 29.5 Å². The van der Waals surface area contributed by atoms with Crippen molar-refractivity contribution in [1.82, 2.24) is 15.2 Å². The zero-order valence-corrected chi connectivity index (χ0v) is 19.3. The summed E-state index contributed by atoms with van der Waals surface area (Å²) >= 11 is 0. The third kappa shape index (κ3) is 5.43. The first kappa shape index (κ1) is 22.2. The highest BCUT2D eigenvalue weighted by atomic mass is 16.5. The molecule has 8 heteroatoms. The maximum absolute atomic E-state index is 5.62. The first-order valence-electron chi connectivity index (χ1n) is 11.3. The van der Waals surface area contributed by atoms with Crippen LogP contribution in [-0.2, 0) is 11.3 Å². The van der Waals surface area contributed by atoms with Gasteiger partial charge in [-0.15, -0.1) is 0 Å². The summed E-state index contributed by atoms with van der Waals surface area (Å²) in [5, 5.41) is 3.50. The van der Waals surface area contributed by atoms with Crippen molar-refractivity contribution in [1.29, 1.82) is 0 Å². The lowest BCUT2D eigenvalue weighted by molar-refractivity contribution is 0.0529. The number of nitrogens with zero attached hydrogens (tertiary/aromatic N) is 5. The normalized spacial score (nSPS) is 19.8. The molecule has 0 radical (unpaired) electrons. The molecular formula is C24H34N6O2. The highest BCUT2D eigenvalue weighted by Crippen LogP contribution is 2.22. The van der Waals surface area contributed by atoms with Crippen LogP contribution in [0.2, 0.25) is 0 Å². The van der Waals surface area contributed by atoms with Gasteiger partial charge in [0.2, 0.25) is 0 Å². The summed E-state index contributed by atoms with van der Waals surface area (Å²) < 4.78 is 11.0. The van der Waals surface area contributed by atoms with Crippen molar-refractivity contribution in [2.24, 2.45) is 4.99 Å². The quantitative estimate of drug-likeness (QED) is 0.567. The van der Waals surface area contributed by atoms with E-state index in [9.17, 15) is 0 Å². The molecule has 1 unspecified atom stereocenters. The standard InChI is InChI=1S/C24H34N6O2/c1-19-18-30(13-14-32-19)23-8-7-20(16-26-23)17-27-24(25-2)29-11-9-28(10-12-29)21-5-4-6-22(15-21)31-3/h4-8,15-16,19H,9-14,17-18H2,1-3H3,(H,25,27). The number of aliphatic imine (C=N–C) groups is 1. The van der Waals surface area contributed by atoms with E-state index < -0.39 is 0 Å². The fraction of sp³-hybridized carbons (Fsp3) is 0.500. The number of pyridine rings is 1. The Kier molecular flexibility index (Phi) is 7.32. The highest BCUT2D eigenvalue weighted by molar-refractivity contribution is 5.80. The van der Waals surface area contributed by atoms with Gasteiger partial charge in [0.25, 0.3) is 0 Å². The third-order valence-corrected chi connectivity index (χ3v) is 6.03. The maximum atomic E-state index is 5.62. The summed E-state index contributed by atoms with van der Waals surface area (Å²) in [6.07, 6.45) is 2.20. The molecule has 8 nitrogen and oxygen atoms in total. The minimum absolute atomic E-state index is 0.250. The third-order valence-electron chi connectivity index (χ3n) is 6.03. The van der Waals surface area contributed by atoms with E-state index in [1.54, 1.807) is 7.11 Å². The minimum Gasteiger partial charge on any atom is -0.497 e. The number of anilines is 2. The van der Waals surface area contributed by atoms with Crippen LogP contribution in [0.5, 0.6) is 5.75 Å². The van der Waals surface area contributed by atoms with E-state index in [-0.39, 0.29) is 6.10 Å². The van der Waals surface area contributed by atoms with E-state index >= 15 is 0 Å². The van der Waals surface area contributed by atoms with Crippen LogP contribution in [0.3, 0.4) is 0 Å². The minimum atomic E-state index is 0.250. The van der Waals surface area contributed by atoms with E-state index in [2.05, 4.69) is 61.2 Å². The van der Waals surface area contributed by atoms with Gasteiger partial charge in [0, 0.05) is 70.8 Å². The Bertz CT molecular complexity index is 896. The second-order valence-corrected chi connectivity index (χ2v) is 8.23. The Labute approximate surface area is 190 Å². The molecule has 1 N–H and O–H groups in total. The first-order chi connectivity index (χ1) is 15.7. The van der Waals surface area contributed by atoms with Gasteiger partial charge >= 0.3 is 0 Å². The van der Waals surface area contributed by atoms with Crippen LogP contribution in [0.1, 0.15) is 12.5 Å². The number of methoxy groups -OCH3 is 1. The van der Waals surface area contributed by atoms with Gasteiger partial charge in [-0.3, -0.25) is 4.99 Å². The predicted molar refractivity (Wildman–Crippen MR) is 129 cm³/mol. The Morgan fingerprint density at radius 3 is 2.69 bits per heavy atom. The molecule has 2 saturated heterocycles. The number of morpholine rings is 1. The summed E-state index contributed by atoms with van der Waals surface area (Å²) in [4.78, 5) is 16.2. The van der Waals surface area contributed by atoms with Crippen molar-refractivity contribution < 1.29 is 9.47 Å². The number of hydrogen-bond donors (Lipinski definition) is 1. The van der Waals surface area contributed by atoms with Crippen molar-refractivity contribution in [2.75, 3.05) is 69.8 Å². The zero-order chi connectivity index (χ0) is 22.3. The number of piperazine rings is 1. The van der Waals surface area contributed by atoms with Crippen molar-refractivity contribution in [3.05, 3.63) is 48.2 Å². The number of rotatable bonds is 5. The van der Waals surface area contributed by atoms with E-state index in [1.165, 1.54) is 5.69 Å². The average Bonchev–Trinajstić information content (AvgIpc) is 2.85. The fourth-order valence-corrected chi connectivity index (χ4v) is 4.23. The lowest BCUT2D eigenvalue weighted by Gasteiger charge is -2.37. The molecule has 0 aliphatic carbocycles. The molecule has 4 rings (SSSR count). The Balaban J connectivity index is 1.28. The lowest BCUT2D eigenvalue weighted by atomic mass is 10.2. The molecule has 2 aliphatic rings. The van der Waals surface area contributed by atoms with Crippen molar-refractivity contribution in [2.45, 2.75) is 19.6 Å². The van der Waals surface area contributed by atoms with E-state index in [0.29, 0.717) is 6.54 Å². The van der Waals surface area contributed by atoms with E-state index in [4.69, 9.17) is 9.47 Å². The predicted octanol–water partition coefficient (Wildman–Crippen LogP) is 2.21. The molecule has 1 atom stereocenters. The summed E-state index contributed by atoms with van der Waals surface area (Å²) in [6, 6.07) is 12.5. The number of guanidine groups is 1. The molecule has 2 aliphatic heterocycles. The Morgan fingerprint density at radius 2 is 2.00 bits per heavy atom. The van der Waals surface area contributed by atoms with Gasteiger partial charge in [-0.25, -0.2) is 4.98 Å². The van der Waals surface area contributed by atoms with Crippen molar-refractivity contribution >= 4 is 17.5 Å². The van der Waals surface area contributed by atoms with Crippen LogP contribution in [-0.4, -0.2) is 82.0 Å². The largest absolute Gasteiger partial charge is 0.497 e. The maximum Gasteiger partial charge on any atom is 0.194 e. The molecule has 0 saturated carbocycles. The van der Waals surface area contributed by atoms with Crippen molar-refractivity contribution in [3.63, 3.8) is 0 Å². The molecule has 0 bridgehead atoms. The monoisotopic (exact) mass is 438 g/mol. The molecule has 3 heterocycles. The smallest absolute Gasteiger partial charge is 0.194 e. The van der Waals surface area contributed by atoms with Crippen LogP contribution in [0, 0.1) is 0 Å². The van der Waals surface area contributed by atoms with Crippen LogP contribution < -0.4 is 19.9 Å². The van der Waals surface area contributed by atoms with Gasteiger partial charge in [0.05, 0.1) is 19.8 Å². The zero-order valence-electron chi connectivity index (χ0n) is 19.3. The number of ether oxygens (including phenoxy) is 2. The van der Waals surface area contributed by atoms with Crippen LogP contribution >= 0.6 is 0 Å². The second kappa shape index (κ2) is 10.5. The van der Waals surface area contributed by atoms with Crippen LogP contribution in [0.4, 0.5) is 11.5 Å². The number of benzene rings is 1. The average molecular weight is 439 g/mol. The van der Waals surface area contributed by atoms with Gasteiger partial charge in [0.1, 0.15) is 11.6 Å². The molecule has 172 valence electrons. The Hall–Kier alpha value is -3.00. The number of nitrogens with one attached hydrogen (secondary N) is 1. The summed E-state index contributed by atoms with van der Waals surface area (Å²) in [5.74, 6) is 2.84. The summed E-state index contributed by atoms with van der Waals surface area (Å²) in [7, 11) is 3.55. The lowest BCUT2D eigenvalue weighted by Crippen LogP contribution is -2.52. The molecule has 0 amide bonds. The van der Waals surface area contributed by atoms with Gasteiger partial charge in [-0.2, -0.15) is 0 Å². The molecule has 32 heavy (non-hydrogen) atoms. The van der Waals surface area contributed by atoms with Gasteiger partial charge in [-0.05, 0) is 30.7 Å². The molecule has 2 aromatic rings. The molecular weight excluding hydrogens is 404 g/mol. The first-order valence-corrected chi connectivity index (χ1v) is 11.3. The molecule has 2 fully saturated rings. The Morgan fingerprint density at radius 1 is 1.16 bits per heavy atom. The number of hydrogen-bond acceptors (Lipinski definition) is 6. The van der Waals surface area contributed by atoms with Crippen LogP contribution in [0.25, 0.3) is 0 Å².